The van der Waals surface area contributed by atoms with Gasteiger partial charge in [0.05, 0.1) is 6.61 Å². The number of rotatable bonds is 6. The molecule has 2 nitrogen and oxygen atoms in total. The van der Waals surface area contributed by atoms with Crippen molar-refractivity contribution < 1.29 is 4.74 Å². The summed E-state index contributed by atoms with van der Waals surface area (Å²) >= 11 is 2.04. The summed E-state index contributed by atoms with van der Waals surface area (Å²) in [5, 5.41) is 3.32. The molecule has 0 aliphatic carbocycles. The summed E-state index contributed by atoms with van der Waals surface area (Å²) < 4.78 is 5.62. The van der Waals surface area contributed by atoms with Gasteiger partial charge >= 0.3 is 0 Å². The molecule has 0 saturated carbocycles. The Kier molecular flexibility index (Phi) is 5.90. The molecular formula is C11H23NOS. The maximum Gasteiger partial charge on any atom is 0.0534 e. The van der Waals surface area contributed by atoms with Crippen LogP contribution < -0.4 is 5.32 Å². The topological polar surface area (TPSA) is 21.3 Å². The SMILES string of the molecule is CCSCCC1(CNC)CCCOC1. The third-order valence-electron chi connectivity index (χ3n) is 2.94. The fraction of sp³-hybridized carbons (Fsp3) is 1.00. The zero-order valence-corrected chi connectivity index (χ0v) is 10.3. The van der Waals surface area contributed by atoms with E-state index >= 15 is 0 Å². The van der Waals surface area contributed by atoms with Crippen molar-refractivity contribution >= 4 is 11.8 Å². The fourth-order valence-corrected chi connectivity index (χ4v) is 3.01. The molecule has 1 fully saturated rings. The molecule has 1 saturated heterocycles. The molecule has 0 aromatic heterocycles. The van der Waals surface area contributed by atoms with Crippen LogP contribution in [0.15, 0.2) is 0 Å². The van der Waals surface area contributed by atoms with Gasteiger partial charge < -0.3 is 10.1 Å². The third-order valence-corrected chi connectivity index (χ3v) is 3.84. The van der Waals surface area contributed by atoms with Gasteiger partial charge in [0.25, 0.3) is 0 Å². The first-order chi connectivity index (χ1) is 6.83. The van der Waals surface area contributed by atoms with E-state index in [0.29, 0.717) is 5.41 Å². The van der Waals surface area contributed by atoms with E-state index in [9.17, 15) is 0 Å². The number of hydrogen-bond donors (Lipinski definition) is 1. The van der Waals surface area contributed by atoms with Gasteiger partial charge in [0, 0.05) is 18.6 Å². The second-order valence-corrected chi connectivity index (χ2v) is 5.53. The average Bonchev–Trinajstić information content (AvgIpc) is 2.20. The van der Waals surface area contributed by atoms with Gasteiger partial charge in [0.2, 0.25) is 0 Å². The van der Waals surface area contributed by atoms with Crippen LogP contribution in [0.5, 0.6) is 0 Å². The van der Waals surface area contributed by atoms with Crippen molar-refractivity contribution in [1.82, 2.24) is 5.32 Å². The van der Waals surface area contributed by atoms with Gasteiger partial charge in [-0.3, -0.25) is 0 Å². The summed E-state index contributed by atoms with van der Waals surface area (Å²) in [4.78, 5) is 0. The van der Waals surface area contributed by atoms with Crippen LogP contribution in [-0.4, -0.2) is 38.3 Å². The zero-order valence-electron chi connectivity index (χ0n) is 9.47. The molecule has 1 aliphatic rings. The highest BCUT2D eigenvalue weighted by Crippen LogP contribution is 2.32. The molecular weight excluding hydrogens is 194 g/mol. The van der Waals surface area contributed by atoms with Gasteiger partial charge in [-0.05, 0) is 37.8 Å². The maximum absolute atomic E-state index is 5.62. The molecule has 1 atom stereocenters. The second-order valence-electron chi connectivity index (χ2n) is 4.13. The van der Waals surface area contributed by atoms with Crippen LogP contribution in [0.25, 0.3) is 0 Å². The Bertz CT molecular complexity index is 141. The number of nitrogens with one attached hydrogen (secondary N) is 1. The van der Waals surface area contributed by atoms with E-state index in [1.807, 2.05) is 18.8 Å². The van der Waals surface area contributed by atoms with E-state index < -0.39 is 0 Å². The Morgan fingerprint density at radius 3 is 2.93 bits per heavy atom. The first-order valence-electron chi connectivity index (χ1n) is 5.63. The highest BCUT2D eigenvalue weighted by molar-refractivity contribution is 7.99. The lowest BCUT2D eigenvalue weighted by Crippen LogP contribution is -2.40. The van der Waals surface area contributed by atoms with E-state index in [1.54, 1.807) is 0 Å². The first kappa shape index (κ1) is 12.3. The molecule has 0 radical (unpaired) electrons. The zero-order chi connectivity index (χ0) is 10.3. The van der Waals surface area contributed by atoms with Crippen molar-refractivity contribution in [2.45, 2.75) is 26.2 Å². The van der Waals surface area contributed by atoms with E-state index in [1.165, 1.54) is 30.8 Å². The molecule has 14 heavy (non-hydrogen) atoms. The van der Waals surface area contributed by atoms with E-state index in [-0.39, 0.29) is 0 Å². The fourth-order valence-electron chi connectivity index (χ4n) is 2.14. The summed E-state index contributed by atoms with van der Waals surface area (Å²) in [7, 11) is 2.04. The van der Waals surface area contributed by atoms with Crippen LogP contribution >= 0.6 is 11.8 Å². The molecule has 1 rings (SSSR count). The number of hydrogen-bond acceptors (Lipinski definition) is 3. The summed E-state index contributed by atoms with van der Waals surface area (Å²) in [6.45, 7) is 5.26. The Balaban J connectivity index is 2.34. The predicted octanol–water partition coefficient (Wildman–Crippen LogP) is 2.15. The Morgan fingerprint density at radius 1 is 1.50 bits per heavy atom. The minimum Gasteiger partial charge on any atom is -0.381 e. The summed E-state index contributed by atoms with van der Waals surface area (Å²) in [6.07, 6.45) is 3.86. The Morgan fingerprint density at radius 2 is 2.36 bits per heavy atom. The van der Waals surface area contributed by atoms with Gasteiger partial charge in [-0.15, -0.1) is 0 Å². The molecule has 0 amide bonds. The monoisotopic (exact) mass is 217 g/mol. The van der Waals surface area contributed by atoms with Crippen molar-refractivity contribution in [2.75, 3.05) is 38.3 Å². The van der Waals surface area contributed by atoms with Gasteiger partial charge in [-0.25, -0.2) is 0 Å². The molecule has 1 heterocycles. The van der Waals surface area contributed by atoms with Crippen LogP contribution in [0.2, 0.25) is 0 Å². The van der Waals surface area contributed by atoms with Crippen LogP contribution in [0.3, 0.4) is 0 Å². The third kappa shape index (κ3) is 3.79. The molecule has 3 heteroatoms. The average molecular weight is 217 g/mol. The van der Waals surface area contributed by atoms with Crippen molar-refractivity contribution in [2.24, 2.45) is 5.41 Å². The molecule has 0 aromatic rings. The molecule has 1 unspecified atom stereocenters. The van der Waals surface area contributed by atoms with Gasteiger partial charge in [-0.2, -0.15) is 11.8 Å². The van der Waals surface area contributed by atoms with Crippen LogP contribution in [0, 0.1) is 5.41 Å². The summed E-state index contributed by atoms with van der Waals surface area (Å²) in [5.41, 5.74) is 0.426. The van der Waals surface area contributed by atoms with Crippen LogP contribution in [0.1, 0.15) is 26.2 Å². The molecule has 1 N–H and O–H groups in total. The summed E-state index contributed by atoms with van der Waals surface area (Å²) in [5.74, 6) is 2.51. The van der Waals surface area contributed by atoms with Crippen LogP contribution in [-0.2, 0) is 4.74 Å². The smallest absolute Gasteiger partial charge is 0.0534 e. The predicted molar refractivity (Wildman–Crippen MR) is 64.0 cm³/mol. The molecule has 0 aromatic carbocycles. The second kappa shape index (κ2) is 6.70. The minimum atomic E-state index is 0.426. The van der Waals surface area contributed by atoms with E-state index in [4.69, 9.17) is 4.74 Å². The van der Waals surface area contributed by atoms with E-state index in [2.05, 4.69) is 12.2 Å². The van der Waals surface area contributed by atoms with E-state index in [0.717, 1.165) is 19.8 Å². The van der Waals surface area contributed by atoms with Gasteiger partial charge in [0.15, 0.2) is 0 Å². The molecule has 0 bridgehead atoms. The van der Waals surface area contributed by atoms with Crippen LogP contribution in [0.4, 0.5) is 0 Å². The lowest BCUT2D eigenvalue weighted by Gasteiger charge is -2.37. The Hall–Kier alpha value is 0.270. The quantitative estimate of drug-likeness (QED) is 0.689. The summed E-state index contributed by atoms with van der Waals surface area (Å²) in [6, 6.07) is 0. The largest absolute Gasteiger partial charge is 0.381 e. The highest BCUT2D eigenvalue weighted by Gasteiger charge is 2.31. The standard InChI is InChI=1S/C11H23NOS/c1-3-14-8-6-11(9-12-2)5-4-7-13-10-11/h12H,3-10H2,1-2H3. The van der Waals surface area contributed by atoms with Crippen molar-refractivity contribution in [3.8, 4) is 0 Å². The Labute approximate surface area is 92.2 Å². The minimum absolute atomic E-state index is 0.426. The number of ether oxygens (including phenoxy) is 1. The lowest BCUT2D eigenvalue weighted by molar-refractivity contribution is -0.00781. The van der Waals surface area contributed by atoms with Crippen molar-refractivity contribution in [3.63, 3.8) is 0 Å². The highest BCUT2D eigenvalue weighted by atomic mass is 32.2. The van der Waals surface area contributed by atoms with Crippen molar-refractivity contribution in [1.29, 1.82) is 0 Å². The maximum atomic E-state index is 5.62. The molecule has 1 aliphatic heterocycles. The van der Waals surface area contributed by atoms with Gasteiger partial charge in [-0.1, -0.05) is 6.92 Å². The van der Waals surface area contributed by atoms with Crippen molar-refractivity contribution in [3.05, 3.63) is 0 Å². The normalized spacial score (nSPS) is 27.9. The molecule has 84 valence electrons. The molecule has 0 spiro atoms. The number of thioether (sulfide) groups is 1. The lowest BCUT2D eigenvalue weighted by atomic mass is 9.80. The van der Waals surface area contributed by atoms with Gasteiger partial charge in [0.1, 0.15) is 0 Å². The first-order valence-corrected chi connectivity index (χ1v) is 6.78.